The molecule has 0 unspecified atom stereocenters. The van der Waals surface area contributed by atoms with Crippen molar-refractivity contribution in [2.75, 3.05) is 72.0 Å². The molecular formula is C20H30FN5O2. The van der Waals surface area contributed by atoms with Gasteiger partial charge in [0.05, 0.1) is 5.56 Å². The summed E-state index contributed by atoms with van der Waals surface area (Å²) in [6, 6.07) is 6.01. The fourth-order valence-corrected chi connectivity index (χ4v) is 3.63. The Kier molecular flexibility index (Phi) is 7.76. The molecule has 1 aromatic carbocycles. The maximum absolute atomic E-state index is 13.6. The molecule has 2 heterocycles. The zero-order valence-corrected chi connectivity index (χ0v) is 16.3. The molecule has 7 nitrogen and oxygen atoms in total. The van der Waals surface area contributed by atoms with E-state index in [9.17, 15) is 14.0 Å². The maximum Gasteiger partial charge on any atom is 0.254 e. The summed E-state index contributed by atoms with van der Waals surface area (Å²) in [7, 11) is 0. The van der Waals surface area contributed by atoms with Crippen LogP contribution in [0.5, 0.6) is 0 Å². The van der Waals surface area contributed by atoms with Crippen molar-refractivity contribution in [2.45, 2.75) is 6.42 Å². The molecule has 2 amide bonds. The normalized spacial score (nSPS) is 18.8. The number of nitrogens with one attached hydrogen (secondary N) is 2. The van der Waals surface area contributed by atoms with Gasteiger partial charge in [0, 0.05) is 78.4 Å². The molecule has 2 aliphatic heterocycles. The minimum Gasteiger partial charge on any atom is -0.351 e. The van der Waals surface area contributed by atoms with Crippen molar-refractivity contribution in [1.82, 2.24) is 25.3 Å². The minimum absolute atomic E-state index is 0.0847. The third-order valence-corrected chi connectivity index (χ3v) is 5.41. The van der Waals surface area contributed by atoms with Crippen LogP contribution >= 0.6 is 0 Å². The Hall–Kier alpha value is -2.03. The molecule has 0 aliphatic carbocycles. The van der Waals surface area contributed by atoms with Crippen LogP contribution in [0.2, 0.25) is 0 Å². The molecular weight excluding hydrogens is 361 g/mol. The lowest BCUT2D eigenvalue weighted by molar-refractivity contribution is -0.132. The van der Waals surface area contributed by atoms with Gasteiger partial charge in [0.25, 0.3) is 5.91 Å². The third kappa shape index (κ3) is 5.98. The van der Waals surface area contributed by atoms with Crippen LogP contribution < -0.4 is 10.6 Å². The number of hydrogen-bond donors (Lipinski definition) is 2. The smallest absolute Gasteiger partial charge is 0.254 e. The van der Waals surface area contributed by atoms with E-state index in [1.165, 1.54) is 12.1 Å². The van der Waals surface area contributed by atoms with Gasteiger partial charge in [-0.25, -0.2) is 4.39 Å². The number of nitrogens with zero attached hydrogens (tertiary/aromatic N) is 3. The van der Waals surface area contributed by atoms with Crippen LogP contribution in [-0.4, -0.2) is 98.5 Å². The highest BCUT2D eigenvalue weighted by molar-refractivity contribution is 5.94. The first-order valence-electron chi connectivity index (χ1n) is 10.1. The average molecular weight is 391 g/mol. The molecule has 2 aliphatic rings. The Morgan fingerprint density at radius 3 is 2.29 bits per heavy atom. The minimum atomic E-state index is -0.496. The zero-order valence-electron chi connectivity index (χ0n) is 16.3. The van der Waals surface area contributed by atoms with Gasteiger partial charge in [-0.05, 0) is 12.1 Å². The van der Waals surface area contributed by atoms with Crippen molar-refractivity contribution in [3.8, 4) is 0 Å². The molecule has 0 saturated carbocycles. The Morgan fingerprint density at radius 1 is 0.964 bits per heavy atom. The van der Waals surface area contributed by atoms with Crippen LogP contribution in [0.1, 0.15) is 16.8 Å². The molecule has 28 heavy (non-hydrogen) atoms. The van der Waals surface area contributed by atoms with Crippen LogP contribution in [0.15, 0.2) is 24.3 Å². The van der Waals surface area contributed by atoms with E-state index in [0.29, 0.717) is 13.0 Å². The highest BCUT2D eigenvalue weighted by Crippen LogP contribution is 2.06. The Labute approximate surface area is 165 Å². The number of rotatable bonds is 7. The largest absolute Gasteiger partial charge is 0.351 e. The molecule has 0 spiro atoms. The Balaban J connectivity index is 1.29. The van der Waals surface area contributed by atoms with Crippen molar-refractivity contribution in [1.29, 1.82) is 0 Å². The van der Waals surface area contributed by atoms with Gasteiger partial charge < -0.3 is 20.4 Å². The van der Waals surface area contributed by atoms with Crippen molar-refractivity contribution >= 4 is 11.8 Å². The van der Waals surface area contributed by atoms with Crippen LogP contribution in [0.3, 0.4) is 0 Å². The second-order valence-corrected chi connectivity index (χ2v) is 7.30. The monoisotopic (exact) mass is 391 g/mol. The van der Waals surface area contributed by atoms with Gasteiger partial charge in [-0.1, -0.05) is 12.1 Å². The molecule has 0 aromatic heterocycles. The SMILES string of the molecule is O=C(NCCN1CCN(CCC(=O)N2CCNCC2)CC1)c1ccccc1F. The second kappa shape index (κ2) is 10.5. The Bertz CT molecular complexity index is 658. The molecule has 2 N–H and O–H groups in total. The zero-order chi connectivity index (χ0) is 19.8. The number of benzene rings is 1. The highest BCUT2D eigenvalue weighted by Gasteiger charge is 2.20. The summed E-state index contributed by atoms with van der Waals surface area (Å²) in [5.41, 5.74) is 0.0847. The third-order valence-electron chi connectivity index (χ3n) is 5.41. The highest BCUT2D eigenvalue weighted by atomic mass is 19.1. The fraction of sp³-hybridized carbons (Fsp3) is 0.600. The van der Waals surface area contributed by atoms with E-state index in [1.54, 1.807) is 12.1 Å². The molecule has 154 valence electrons. The van der Waals surface area contributed by atoms with Crippen molar-refractivity contribution in [2.24, 2.45) is 0 Å². The van der Waals surface area contributed by atoms with Gasteiger partial charge in [-0.3, -0.25) is 14.5 Å². The van der Waals surface area contributed by atoms with Crippen molar-refractivity contribution < 1.29 is 14.0 Å². The standard InChI is InChI=1S/C20H30FN5O2/c21-18-4-2-1-3-17(18)20(28)23-8-10-25-15-13-24(14-16-25)9-5-19(27)26-11-6-22-7-12-26/h1-4,22H,5-16H2,(H,23,28). The summed E-state index contributed by atoms with van der Waals surface area (Å²) in [5.74, 6) is -0.619. The first kappa shape index (κ1) is 20.7. The average Bonchev–Trinajstić information content (AvgIpc) is 2.74. The molecule has 0 atom stereocenters. The first-order chi connectivity index (χ1) is 13.6. The van der Waals surface area contributed by atoms with E-state index < -0.39 is 5.82 Å². The molecule has 0 radical (unpaired) electrons. The molecule has 2 fully saturated rings. The summed E-state index contributed by atoms with van der Waals surface area (Å²) in [6.45, 7) is 9.12. The van der Waals surface area contributed by atoms with Crippen LogP contribution in [0.25, 0.3) is 0 Å². The van der Waals surface area contributed by atoms with E-state index in [0.717, 1.165) is 65.4 Å². The lowest BCUT2D eigenvalue weighted by Crippen LogP contribution is -2.50. The topological polar surface area (TPSA) is 67.9 Å². The van der Waals surface area contributed by atoms with Gasteiger partial charge >= 0.3 is 0 Å². The summed E-state index contributed by atoms with van der Waals surface area (Å²) in [6.07, 6.45) is 0.582. The molecule has 2 saturated heterocycles. The Morgan fingerprint density at radius 2 is 1.61 bits per heavy atom. The number of carbonyl (C=O) groups is 2. The van der Waals surface area contributed by atoms with Gasteiger partial charge in [0.1, 0.15) is 5.82 Å². The van der Waals surface area contributed by atoms with Gasteiger partial charge in [0.15, 0.2) is 0 Å². The summed E-state index contributed by atoms with van der Waals surface area (Å²) >= 11 is 0. The van der Waals surface area contributed by atoms with Crippen molar-refractivity contribution in [3.05, 3.63) is 35.6 Å². The van der Waals surface area contributed by atoms with E-state index in [1.807, 2.05) is 4.90 Å². The molecule has 3 rings (SSSR count). The summed E-state index contributed by atoms with van der Waals surface area (Å²) < 4.78 is 13.6. The van der Waals surface area contributed by atoms with Crippen LogP contribution in [0.4, 0.5) is 4.39 Å². The van der Waals surface area contributed by atoms with Crippen LogP contribution in [0, 0.1) is 5.82 Å². The number of carbonyl (C=O) groups excluding carboxylic acids is 2. The van der Waals surface area contributed by atoms with Gasteiger partial charge in [0.2, 0.25) is 5.91 Å². The number of halogens is 1. The number of amides is 2. The molecule has 0 bridgehead atoms. The van der Waals surface area contributed by atoms with Crippen molar-refractivity contribution in [3.63, 3.8) is 0 Å². The predicted octanol–water partition coefficient (Wildman–Crippen LogP) is -0.00500. The van der Waals surface area contributed by atoms with E-state index >= 15 is 0 Å². The fourth-order valence-electron chi connectivity index (χ4n) is 3.63. The van der Waals surface area contributed by atoms with Crippen LogP contribution in [-0.2, 0) is 4.79 Å². The molecule has 1 aromatic rings. The van der Waals surface area contributed by atoms with E-state index in [-0.39, 0.29) is 17.4 Å². The number of piperazine rings is 2. The first-order valence-corrected chi connectivity index (χ1v) is 10.1. The quantitative estimate of drug-likeness (QED) is 0.685. The van der Waals surface area contributed by atoms with E-state index in [2.05, 4.69) is 20.4 Å². The molecule has 8 heteroatoms. The lowest BCUT2D eigenvalue weighted by Gasteiger charge is -2.35. The van der Waals surface area contributed by atoms with E-state index in [4.69, 9.17) is 0 Å². The second-order valence-electron chi connectivity index (χ2n) is 7.30. The summed E-state index contributed by atoms with van der Waals surface area (Å²) in [5, 5.41) is 6.05. The van der Waals surface area contributed by atoms with Gasteiger partial charge in [-0.2, -0.15) is 0 Å². The summed E-state index contributed by atoms with van der Waals surface area (Å²) in [4.78, 5) is 30.8. The number of hydrogen-bond acceptors (Lipinski definition) is 5. The maximum atomic E-state index is 13.6. The van der Waals surface area contributed by atoms with Gasteiger partial charge in [-0.15, -0.1) is 0 Å². The lowest BCUT2D eigenvalue weighted by atomic mass is 10.2. The predicted molar refractivity (Wildman–Crippen MR) is 106 cm³/mol.